The first kappa shape index (κ1) is 18.4. The summed E-state index contributed by atoms with van der Waals surface area (Å²) in [6.45, 7) is 0.472. The third kappa shape index (κ3) is 5.81. The molecule has 1 heterocycles. The van der Waals surface area contributed by atoms with Gasteiger partial charge in [0, 0.05) is 12.1 Å². The van der Waals surface area contributed by atoms with Crippen molar-refractivity contribution in [3.8, 4) is 11.5 Å². The van der Waals surface area contributed by atoms with Crippen LogP contribution in [0.3, 0.4) is 0 Å². The number of hydrogen-bond donors (Lipinski definition) is 2. The summed E-state index contributed by atoms with van der Waals surface area (Å²) in [5.41, 5.74) is 2.53. The Bertz CT molecular complexity index is 876. The monoisotopic (exact) mass is 363 g/mol. The highest BCUT2D eigenvalue weighted by molar-refractivity contribution is 5.85. The van der Waals surface area contributed by atoms with Crippen LogP contribution in [-0.4, -0.2) is 29.9 Å². The number of aromatic nitrogens is 1. The molecule has 0 saturated heterocycles. The van der Waals surface area contributed by atoms with Crippen molar-refractivity contribution in [2.75, 3.05) is 13.1 Å². The van der Waals surface area contributed by atoms with Gasteiger partial charge in [0.2, 0.25) is 17.7 Å². The second-order valence-corrected chi connectivity index (χ2v) is 6.05. The first-order chi connectivity index (χ1) is 13.2. The largest absolute Gasteiger partial charge is 0.444 e. The average Bonchev–Trinajstić information content (AvgIpc) is 3.16. The van der Waals surface area contributed by atoms with Crippen molar-refractivity contribution in [2.45, 2.75) is 12.8 Å². The Labute approximate surface area is 157 Å². The van der Waals surface area contributed by atoms with Crippen LogP contribution in [0.5, 0.6) is 0 Å². The van der Waals surface area contributed by atoms with E-state index in [4.69, 9.17) is 4.42 Å². The Morgan fingerprint density at radius 1 is 0.889 bits per heavy atom. The lowest BCUT2D eigenvalue weighted by atomic mass is 10.1. The molecule has 6 nitrogen and oxygen atoms in total. The van der Waals surface area contributed by atoms with Gasteiger partial charge < -0.3 is 15.1 Å². The first-order valence-electron chi connectivity index (χ1n) is 8.78. The van der Waals surface area contributed by atoms with Crippen LogP contribution in [-0.2, 0) is 22.4 Å². The van der Waals surface area contributed by atoms with E-state index in [1.165, 1.54) is 6.26 Å². The molecular weight excluding hydrogens is 342 g/mol. The van der Waals surface area contributed by atoms with Gasteiger partial charge in [-0.1, -0.05) is 48.5 Å². The van der Waals surface area contributed by atoms with E-state index in [9.17, 15) is 9.59 Å². The van der Waals surface area contributed by atoms with Gasteiger partial charge in [0.25, 0.3) is 0 Å². The van der Waals surface area contributed by atoms with Crippen LogP contribution in [0.15, 0.2) is 71.3 Å². The molecule has 0 aliphatic rings. The lowest BCUT2D eigenvalue weighted by Gasteiger charge is -2.06. The summed E-state index contributed by atoms with van der Waals surface area (Å²) in [5.74, 6) is -0.0254. The summed E-state index contributed by atoms with van der Waals surface area (Å²) >= 11 is 0. The quantitative estimate of drug-likeness (QED) is 0.643. The van der Waals surface area contributed by atoms with Crippen LogP contribution in [0.2, 0.25) is 0 Å². The molecule has 0 fully saturated rings. The molecule has 0 saturated carbocycles. The minimum atomic E-state index is -0.277. The Balaban J connectivity index is 1.38. The van der Waals surface area contributed by atoms with Crippen molar-refractivity contribution in [3.05, 3.63) is 78.2 Å². The molecule has 0 radical (unpaired) electrons. The predicted octanol–water partition coefficient (Wildman–Crippen LogP) is 2.36. The summed E-state index contributed by atoms with van der Waals surface area (Å²) in [6.07, 6.45) is 2.28. The van der Waals surface area contributed by atoms with Gasteiger partial charge in [0.1, 0.15) is 6.26 Å². The van der Waals surface area contributed by atoms with E-state index in [2.05, 4.69) is 15.6 Å². The molecular formula is C21H21N3O3. The van der Waals surface area contributed by atoms with Crippen LogP contribution >= 0.6 is 0 Å². The smallest absolute Gasteiger partial charge is 0.239 e. The summed E-state index contributed by atoms with van der Waals surface area (Å²) in [7, 11) is 0. The molecule has 0 unspecified atom stereocenters. The maximum Gasteiger partial charge on any atom is 0.239 e. The number of carbonyl (C=O) groups is 2. The van der Waals surface area contributed by atoms with Crippen molar-refractivity contribution in [1.29, 1.82) is 0 Å². The van der Waals surface area contributed by atoms with E-state index in [-0.39, 0.29) is 24.8 Å². The lowest BCUT2D eigenvalue weighted by Crippen LogP contribution is -2.38. The summed E-state index contributed by atoms with van der Waals surface area (Å²) in [5, 5.41) is 5.38. The van der Waals surface area contributed by atoms with Crippen molar-refractivity contribution in [3.63, 3.8) is 0 Å². The van der Waals surface area contributed by atoms with Gasteiger partial charge in [-0.15, -0.1) is 0 Å². The number of hydrogen-bond acceptors (Lipinski definition) is 4. The molecule has 138 valence electrons. The first-order valence-corrected chi connectivity index (χ1v) is 8.78. The number of nitrogens with zero attached hydrogens (tertiary/aromatic N) is 1. The fourth-order valence-corrected chi connectivity index (χ4v) is 2.56. The average molecular weight is 363 g/mol. The van der Waals surface area contributed by atoms with Gasteiger partial charge in [-0.05, 0) is 24.1 Å². The van der Waals surface area contributed by atoms with Crippen molar-refractivity contribution in [1.82, 2.24) is 15.6 Å². The van der Waals surface area contributed by atoms with Crippen LogP contribution in [0, 0.1) is 0 Å². The minimum Gasteiger partial charge on any atom is -0.444 e. The van der Waals surface area contributed by atoms with Crippen LogP contribution in [0.25, 0.3) is 11.5 Å². The number of carbonyl (C=O) groups excluding carboxylic acids is 2. The SMILES string of the molecule is O=C(CNC(=O)Cc1coc(-c2ccccc2)n1)NCCc1ccccc1. The van der Waals surface area contributed by atoms with Gasteiger partial charge >= 0.3 is 0 Å². The van der Waals surface area contributed by atoms with Gasteiger partial charge in [-0.3, -0.25) is 9.59 Å². The Morgan fingerprint density at radius 3 is 2.33 bits per heavy atom. The number of amides is 2. The summed E-state index contributed by atoms with van der Waals surface area (Å²) in [4.78, 5) is 28.1. The van der Waals surface area contributed by atoms with Crippen LogP contribution in [0.4, 0.5) is 0 Å². The highest BCUT2D eigenvalue weighted by Crippen LogP contribution is 2.17. The Kier molecular flexibility index (Phi) is 6.35. The third-order valence-electron chi connectivity index (χ3n) is 3.94. The summed E-state index contributed by atoms with van der Waals surface area (Å²) < 4.78 is 5.40. The molecule has 0 atom stereocenters. The van der Waals surface area contributed by atoms with E-state index in [1.54, 1.807) is 0 Å². The second kappa shape index (κ2) is 9.33. The molecule has 2 amide bonds. The van der Waals surface area contributed by atoms with Gasteiger partial charge in [-0.2, -0.15) is 0 Å². The summed E-state index contributed by atoms with van der Waals surface area (Å²) in [6, 6.07) is 19.4. The number of oxazole rings is 1. The number of rotatable bonds is 8. The highest BCUT2D eigenvalue weighted by atomic mass is 16.3. The van der Waals surface area contributed by atoms with Gasteiger partial charge in [0.05, 0.1) is 18.7 Å². The van der Waals surface area contributed by atoms with Crippen molar-refractivity contribution in [2.24, 2.45) is 0 Å². The van der Waals surface area contributed by atoms with Crippen molar-refractivity contribution < 1.29 is 14.0 Å². The molecule has 0 spiro atoms. The van der Waals surface area contributed by atoms with E-state index in [1.807, 2.05) is 60.7 Å². The molecule has 0 bridgehead atoms. The molecule has 0 aliphatic heterocycles. The Morgan fingerprint density at radius 2 is 1.59 bits per heavy atom. The topological polar surface area (TPSA) is 84.2 Å². The Hall–Kier alpha value is -3.41. The molecule has 2 N–H and O–H groups in total. The third-order valence-corrected chi connectivity index (χ3v) is 3.94. The number of benzene rings is 2. The van der Waals surface area contributed by atoms with E-state index >= 15 is 0 Å². The van der Waals surface area contributed by atoms with Crippen LogP contribution < -0.4 is 10.6 Å². The molecule has 3 aromatic rings. The molecule has 2 aromatic carbocycles. The highest BCUT2D eigenvalue weighted by Gasteiger charge is 2.11. The maximum atomic E-state index is 12.0. The minimum absolute atomic E-state index is 0.0585. The fourth-order valence-electron chi connectivity index (χ4n) is 2.56. The van der Waals surface area contributed by atoms with E-state index < -0.39 is 0 Å². The molecule has 0 aliphatic carbocycles. The standard InChI is InChI=1S/C21H21N3O3/c25-19(13-18-15-27-21(24-18)17-9-5-2-6-10-17)23-14-20(26)22-12-11-16-7-3-1-4-8-16/h1-10,15H,11-14H2,(H,22,26)(H,23,25). The predicted molar refractivity (Wildman–Crippen MR) is 102 cm³/mol. The fraction of sp³-hybridized carbons (Fsp3) is 0.190. The van der Waals surface area contributed by atoms with E-state index in [0.29, 0.717) is 18.1 Å². The van der Waals surface area contributed by atoms with E-state index in [0.717, 1.165) is 17.5 Å². The molecule has 1 aromatic heterocycles. The maximum absolute atomic E-state index is 12.0. The zero-order valence-corrected chi connectivity index (χ0v) is 14.9. The van der Waals surface area contributed by atoms with Crippen molar-refractivity contribution >= 4 is 11.8 Å². The van der Waals surface area contributed by atoms with Gasteiger partial charge in [-0.25, -0.2) is 4.98 Å². The molecule has 3 rings (SSSR count). The zero-order chi connectivity index (χ0) is 18.9. The zero-order valence-electron chi connectivity index (χ0n) is 14.9. The van der Waals surface area contributed by atoms with Crippen LogP contribution in [0.1, 0.15) is 11.3 Å². The number of nitrogens with one attached hydrogen (secondary N) is 2. The molecule has 6 heteroatoms. The lowest BCUT2D eigenvalue weighted by molar-refractivity contribution is -0.125. The van der Waals surface area contributed by atoms with Gasteiger partial charge in [0.15, 0.2) is 0 Å². The molecule has 27 heavy (non-hydrogen) atoms. The normalized spacial score (nSPS) is 10.4. The second-order valence-electron chi connectivity index (χ2n) is 6.05.